The van der Waals surface area contributed by atoms with Crippen molar-refractivity contribution in [3.63, 3.8) is 0 Å². The molecule has 2 amide bonds. The Morgan fingerprint density at radius 3 is 2.19 bits per heavy atom. The summed E-state index contributed by atoms with van der Waals surface area (Å²) in [5, 5.41) is 18.2. The number of hydrogen-bond donors (Lipinski definition) is 0. The summed E-state index contributed by atoms with van der Waals surface area (Å²) in [7, 11) is 1.54. The van der Waals surface area contributed by atoms with Gasteiger partial charge in [0.2, 0.25) is 0 Å². The van der Waals surface area contributed by atoms with Gasteiger partial charge in [0.25, 0.3) is 11.6 Å². The van der Waals surface area contributed by atoms with E-state index in [1.807, 2.05) is 44.2 Å². The van der Waals surface area contributed by atoms with Gasteiger partial charge in [-0.3, -0.25) is 9.59 Å². The fourth-order valence-corrected chi connectivity index (χ4v) is 4.29. The largest absolute Gasteiger partial charge is 0.858 e. The van der Waals surface area contributed by atoms with E-state index in [0.29, 0.717) is 29.2 Å². The van der Waals surface area contributed by atoms with Crippen molar-refractivity contribution in [3.05, 3.63) is 95.9 Å². The first-order chi connectivity index (χ1) is 17.4. The van der Waals surface area contributed by atoms with E-state index in [9.17, 15) is 14.7 Å². The zero-order valence-corrected chi connectivity index (χ0v) is 20.1. The minimum Gasteiger partial charge on any atom is -0.858 e. The van der Waals surface area contributed by atoms with E-state index in [1.54, 1.807) is 60.5 Å². The van der Waals surface area contributed by atoms with Crippen LogP contribution in [0.4, 0.5) is 5.69 Å². The maximum Gasteiger partial charge on any atom is 0.331 e. The monoisotopic (exact) mass is 480 g/mol. The molecule has 8 nitrogen and oxygen atoms in total. The summed E-state index contributed by atoms with van der Waals surface area (Å²) in [6.45, 7) is 3.79. The lowest BCUT2D eigenvalue weighted by atomic mass is 10.0. The standard InChI is InChI=1S/C28H24N4O4/c1-4-22-23(27(34)32(29-22)20-8-6-5-7-9-20)24-25(30-16-14-18(2)15-17-30)28(35)31(26(24)33)19-10-12-21(36-3)13-11-19/h5-17H,4H2,1-3H3. The minimum atomic E-state index is -0.576. The average Bonchev–Trinajstić information content (AvgIpc) is 3.37. The number of anilines is 1. The summed E-state index contributed by atoms with van der Waals surface area (Å²) in [6, 6.07) is 19.3. The molecule has 36 heavy (non-hydrogen) atoms. The van der Waals surface area contributed by atoms with Crippen LogP contribution in [0.3, 0.4) is 0 Å². The Kier molecular flexibility index (Phi) is 5.85. The number of aromatic nitrogens is 3. The summed E-state index contributed by atoms with van der Waals surface area (Å²) in [5.74, 6) is -0.954. The third kappa shape index (κ3) is 3.73. The summed E-state index contributed by atoms with van der Waals surface area (Å²) >= 11 is 0. The number of benzene rings is 2. The smallest absolute Gasteiger partial charge is 0.331 e. The Bertz CT molecular complexity index is 1490. The van der Waals surface area contributed by atoms with Gasteiger partial charge in [0.05, 0.1) is 24.2 Å². The molecule has 0 N–H and O–H groups in total. The van der Waals surface area contributed by atoms with Crippen molar-refractivity contribution < 1.29 is 24.0 Å². The molecule has 1 aliphatic heterocycles. The molecule has 180 valence electrons. The normalized spacial score (nSPS) is 13.6. The highest BCUT2D eigenvalue weighted by atomic mass is 16.5. The van der Waals surface area contributed by atoms with Gasteiger partial charge in [-0.15, -0.1) is 0 Å². The van der Waals surface area contributed by atoms with Gasteiger partial charge in [0.15, 0.2) is 12.4 Å². The van der Waals surface area contributed by atoms with Crippen molar-refractivity contribution in [2.75, 3.05) is 12.0 Å². The van der Waals surface area contributed by atoms with Crippen molar-refractivity contribution in [1.82, 2.24) is 9.78 Å². The summed E-state index contributed by atoms with van der Waals surface area (Å²) in [4.78, 5) is 28.8. The topological polar surface area (TPSA) is 91.4 Å². The number of para-hydroxylation sites is 1. The Morgan fingerprint density at radius 1 is 0.917 bits per heavy atom. The van der Waals surface area contributed by atoms with Gasteiger partial charge in [-0.2, -0.15) is 9.67 Å². The van der Waals surface area contributed by atoms with Gasteiger partial charge >= 0.3 is 5.91 Å². The molecule has 0 radical (unpaired) electrons. The van der Waals surface area contributed by atoms with Gasteiger partial charge in [-0.25, -0.2) is 9.58 Å². The first-order valence-corrected chi connectivity index (χ1v) is 11.5. The predicted octanol–water partition coefficient (Wildman–Crippen LogP) is 3.05. The van der Waals surface area contributed by atoms with Crippen LogP contribution in [0, 0.1) is 6.92 Å². The molecule has 8 heteroatoms. The molecule has 2 aromatic carbocycles. The first kappa shape index (κ1) is 23.0. The molecule has 1 aliphatic rings. The fraction of sp³-hybridized carbons (Fsp3) is 0.143. The van der Waals surface area contributed by atoms with Crippen LogP contribution < -0.4 is 19.3 Å². The van der Waals surface area contributed by atoms with Crippen LogP contribution in [0.2, 0.25) is 0 Å². The average molecular weight is 481 g/mol. The fourth-order valence-electron chi connectivity index (χ4n) is 4.29. The number of hydrogen-bond acceptors (Lipinski definition) is 5. The van der Waals surface area contributed by atoms with Crippen LogP contribution in [0.15, 0.2) is 79.1 Å². The van der Waals surface area contributed by atoms with E-state index in [1.165, 1.54) is 4.68 Å². The van der Waals surface area contributed by atoms with E-state index in [2.05, 4.69) is 5.10 Å². The molecule has 0 saturated heterocycles. The molecular weight excluding hydrogens is 456 g/mol. The van der Waals surface area contributed by atoms with Crippen molar-refractivity contribution in [1.29, 1.82) is 0 Å². The number of pyridine rings is 1. The molecule has 2 aromatic heterocycles. The molecule has 0 unspecified atom stereocenters. The van der Waals surface area contributed by atoms with Crippen LogP contribution in [0.5, 0.6) is 11.6 Å². The van der Waals surface area contributed by atoms with Crippen molar-refractivity contribution >= 4 is 28.8 Å². The highest BCUT2D eigenvalue weighted by molar-refractivity contribution is 6.53. The van der Waals surface area contributed by atoms with E-state index in [0.717, 1.165) is 10.5 Å². The zero-order chi connectivity index (χ0) is 25.4. The maximum atomic E-state index is 13.9. The Hall–Kier alpha value is -4.72. The van der Waals surface area contributed by atoms with Gasteiger partial charge in [0.1, 0.15) is 11.3 Å². The predicted molar refractivity (Wildman–Crippen MR) is 132 cm³/mol. The molecular formula is C28H24N4O4. The Labute approximate surface area is 208 Å². The highest BCUT2D eigenvalue weighted by Gasteiger charge is 2.47. The summed E-state index contributed by atoms with van der Waals surface area (Å²) in [6.07, 6.45) is 3.83. The second kappa shape index (κ2) is 9.14. The quantitative estimate of drug-likeness (QED) is 0.313. The van der Waals surface area contributed by atoms with Crippen LogP contribution in [0.1, 0.15) is 23.7 Å². The molecule has 0 spiro atoms. The number of aryl methyl sites for hydroxylation is 2. The van der Waals surface area contributed by atoms with E-state index in [4.69, 9.17) is 4.74 Å². The lowest BCUT2D eigenvalue weighted by Gasteiger charge is -2.16. The Morgan fingerprint density at radius 2 is 1.58 bits per heavy atom. The summed E-state index contributed by atoms with van der Waals surface area (Å²) < 4.78 is 8.09. The van der Waals surface area contributed by atoms with Crippen LogP contribution in [-0.4, -0.2) is 28.7 Å². The molecule has 4 aromatic rings. The van der Waals surface area contributed by atoms with E-state index < -0.39 is 17.7 Å². The lowest BCUT2D eigenvalue weighted by Crippen LogP contribution is -2.39. The van der Waals surface area contributed by atoms with Crippen molar-refractivity contribution in [2.45, 2.75) is 20.3 Å². The number of ether oxygens (including phenoxy) is 1. The minimum absolute atomic E-state index is 0.0358. The molecule has 0 bridgehead atoms. The maximum absolute atomic E-state index is 13.9. The molecule has 3 heterocycles. The number of carbonyl (C=O) groups is 2. The van der Waals surface area contributed by atoms with Crippen LogP contribution in [0.25, 0.3) is 17.0 Å². The molecule has 0 atom stereocenters. The van der Waals surface area contributed by atoms with E-state index in [-0.39, 0.29) is 16.8 Å². The molecule has 0 fully saturated rings. The molecule has 5 rings (SSSR count). The lowest BCUT2D eigenvalue weighted by molar-refractivity contribution is -0.576. The number of imide groups is 1. The van der Waals surface area contributed by atoms with Crippen LogP contribution in [-0.2, 0) is 16.0 Å². The third-order valence-electron chi connectivity index (χ3n) is 6.15. The van der Waals surface area contributed by atoms with Gasteiger partial charge < -0.3 is 9.84 Å². The van der Waals surface area contributed by atoms with Gasteiger partial charge in [-0.05, 0) is 61.2 Å². The molecule has 0 saturated carbocycles. The van der Waals surface area contributed by atoms with Gasteiger partial charge in [0, 0.05) is 17.7 Å². The second-order valence-corrected chi connectivity index (χ2v) is 8.38. The second-order valence-electron chi connectivity index (χ2n) is 8.38. The Balaban J connectivity index is 1.74. The van der Waals surface area contributed by atoms with Gasteiger partial charge in [-0.1, -0.05) is 25.1 Å². The number of nitrogens with zero attached hydrogens (tertiary/aromatic N) is 4. The van der Waals surface area contributed by atoms with Crippen LogP contribution >= 0.6 is 0 Å². The zero-order valence-electron chi connectivity index (χ0n) is 20.1. The summed E-state index contributed by atoms with van der Waals surface area (Å²) in [5.41, 5.74) is 2.68. The van der Waals surface area contributed by atoms with Crippen molar-refractivity contribution in [3.8, 4) is 17.3 Å². The first-order valence-electron chi connectivity index (χ1n) is 11.5. The van der Waals surface area contributed by atoms with E-state index >= 15 is 0 Å². The third-order valence-corrected chi connectivity index (χ3v) is 6.15. The number of rotatable bonds is 6. The van der Waals surface area contributed by atoms with Crippen molar-refractivity contribution in [2.24, 2.45) is 0 Å². The molecule has 0 aliphatic carbocycles. The number of amides is 2. The highest BCUT2D eigenvalue weighted by Crippen LogP contribution is 2.39. The SMILES string of the molecule is CCc1nn(-c2ccccc2)c([O-])c1C1=C([n+]2ccc(C)cc2)C(=O)N(c2ccc(OC)cc2)C1=O. The number of methoxy groups -OCH3 is 1. The number of carbonyl (C=O) groups excluding carboxylic acids is 2.